The van der Waals surface area contributed by atoms with E-state index in [4.69, 9.17) is 29.2 Å². The number of hydrogen-bond donors (Lipinski definition) is 4. The summed E-state index contributed by atoms with van der Waals surface area (Å²) in [6, 6.07) is 0. The molecular weight excluding hydrogens is 484 g/mol. The van der Waals surface area contributed by atoms with Gasteiger partial charge in [0.15, 0.2) is 0 Å². The van der Waals surface area contributed by atoms with Gasteiger partial charge in [0.2, 0.25) is 12.2 Å². The van der Waals surface area contributed by atoms with Crippen LogP contribution in [-0.2, 0) is 47.7 Å². The molecule has 0 spiro atoms. The highest BCUT2D eigenvalue weighted by Crippen LogP contribution is 2.13. The lowest BCUT2D eigenvalue weighted by atomic mass is 10.1. The van der Waals surface area contributed by atoms with Crippen LogP contribution < -0.4 is 10.6 Å². The van der Waals surface area contributed by atoms with Gasteiger partial charge in [-0.3, -0.25) is 28.8 Å². The Kier molecular flexibility index (Phi) is 14.9. The Morgan fingerprint density at radius 2 is 0.944 bits per heavy atom. The normalized spacial score (nSPS) is 14.3. The maximum absolute atomic E-state index is 13.0. The second-order valence-electron chi connectivity index (χ2n) is 8.44. The average molecular weight is 521 g/mol. The van der Waals surface area contributed by atoms with Gasteiger partial charge in [-0.15, -0.1) is 0 Å². The Hall–Kier alpha value is -3.26. The van der Waals surface area contributed by atoms with Crippen LogP contribution in [0.1, 0.15) is 54.4 Å². The molecule has 0 heterocycles. The third-order valence-electron chi connectivity index (χ3n) is 4.38. The van der Waals surface area contributed by atoms with E-state index in [9.17, 15) is 28.8 Å². The first kappa shape index (κ1) is 32.7. The van der Waals surface area contributed by atoms with Crippen LogP contribution in [0.5, 0.6) is 0 Å². The molecule has 0 aliphatic carbocycles. The minimum Gasteiger partial charge on any atom is -0.481 e. The van der Waals surface area contributed by atoms with Gasteiger partial charge < -0.3 is 39.8 Å². The predicted octanol–water partition coefficient (Wildman–Crippen LogP) is 0.0290. The van der Waals surface area contributed by atoms with Crippen molar-refractivity contribution < 1.29 is 57.9 Å². The van der Waals surface area contributed by atoms with E-state index in [0.717, 1.165) is 13.8 Å². The molecule has 2 amide bonds. The molecule has 4 N–H and O–H groups in total. The van der Waals surface area contributed by atoms with Crippen LogP contribution in [0, 0.1) is 11.8 Å². The molecule has 0 saturated heterocycles. The average Bonchev–Trinajstić information content (AvgIpc) is 2.73. The summed E-state index contributed by atoms with van der Waals surface area (Å²) in [7, 11) is 0. The van der Waals surface area contributed by atoms with Gasteiger partial charge in [-0.1, -0.05) is 27.7 Å². The van der Waals surface area contributed by atoms with E-state index in [2.05, 4.69) is 10.6 Å². The third kappa shape index (κ3) is 13.6. The minimum absolute atomic E-state index is 0.228. The highest BCUT2D eigenvalue weighted by atomic mass is 16.6. The highest BCUT2D eigenvalue weighted by molar-refractivity contribution is 5.93. The first-order valence-electron chi connectivity index (χ1n) is 11.3. The molecule has 14 nitrogen and oxygen atoms in total. The number of esters is 2. The number of aliphatic carboxylic acids is 2. The molecule has 14 heteroatoms. The highest BCUT2D eigenvalue weighted by Gasteiger charge is 2.41. The van der Waals surface area contributed by atoms with E-state index in [-0.39, 0.29) is 37.9 Å². The molecule has 0 aliphatic heterocycles. The Balaban J connectivity index is 5.81. The fourth-order valence-corrected chi connectivity index (χ4v) is 2.66. The van der Waals surface area contributed by atoms with E-state index in [0.29, 0.717) is 0 Å². The van der Waals surface area contributed by atoms with Crippen LogP contribution in [0.4, 0.5) is 0 Å². The molecule has 4 atom stereocenters. The molecule has 0 aliphatic rings. The number of carbonyl (C=O) groups excluding carboxylic acids is 4. The Labute approximate surface area is 209 Å². The van der Waals surface area contributed by atoms with Crippen molar-refractivity contribution in [1.82, 2.24) is 10.6 Å². The van der Waals surface area contributed by atoms with Crippen molar-refractivity contribution in [1.29, 1.82) is 0 Å². The number of ether oxygens (including phenoxy) is 4. The zero-order valence-electron chi connectivity index (χ0n) is 21.3. The van der Waals surface area contributed by atoms with E-state index in [1.54, 1.807) is 27.7 Å². The Morgan fingerprint density at radius 3 is 1.17 bits per heavy atom. The lowest BCUT2D eigenvalue weighted by molar-refractivity contribution is -0.177. The lowest BCUT2D eigenvalue weighted by Crippen LogP contribution is -2.57. The van der Waals surface area contributed by atoms with E-state index in [1.165, 1.54) is 0 Å². The number of amides is 2. The summed E-state index contributed by atoms with van der Waals surface area (Å²) in [6.45, 7) is 8.20. The maximum Gasteiger partial charge on any atom is 0.305 e. The number of carboxylic acids is 2. The van der Waals surface area contributed by atoms with Gasteiger partial charge in [0, 0.05) is 13.8 Å². The molecule has 36 heavy (non-hydrogen) atoms. The fraction of sp³-hybridized carbons (Fsp3) is 0.727. The molecule has 0 fully saturated rings. The SMILES string of the molecule is CC(=O)O[C@H](C(=O)NC(OCCC(=O)O)C(C)C)[C@H](OC(C)=O)C(=O)NC(OCCC(=O)O)C(C)C. The molecule has 206 valence electrons. The number of nitrogens with one attached hydrogen (secondary N) is 2. The molecule has 0 radical (unpaired) electrons. The number of carbonyl (C=O) groups is 6. The Bertz CT molecular complexity index is 719. The predicted molar refractivity (Wildman–Crippen MR) is 121 cm³/mol. The monoisotopic (exact) mass is 520 g/mol. The second-order valence-corrected chi connectivity index (χ2v) is 8.44. The van der Waals surface area contributed by atoms with Gasteiger partial charge in [0.05, 0.1) is 26.1 Å². The van der Waals surface area contributed by atoms with Crippen LogP contribution >= 0.6 is 0 Å². The minimum atomic E-state index is -1.93. The zero-order chi connectivity index (χ0) is 28.0. The molecule has 0 aromatic carbocycles. The van der Waals surface area contributed by atoms with Gasteiger partial charge in [-0.25, -0.2) is 0 Å². The van der Waals surface area contributed by atoms with Crippen molar-refractivity contribution >= 4 is 35.7 Å². The van der Waals surface area contributed by atoms with Gasteiger partial charge in [0.25, 0.3) is 11.8 Å². The molecule has 2 unspecified atom stereocenters. The van der Waals surface area contributed by atoms with Crippen LogP contribution in [0.3, 0.4) is 0 Å². The van der Waals surface area contributed by atoms with Gasteiger partial charge in [-0.05, 0) is 11.8 Å². The summed E-state index contributed by atoms with van der Waals surface area (Å²) in [5.74, 6) is -6.90. The molecule has 0 bridgehead atoms. The van der Waals surface area contributed by atoms with Crippen molar-refractivity contribution in [2.45, 2.75) is 79.0 Å². The van der Waals surface area contributed by atoms with E-state index >= 15 is 0 Å². The van der Waals surface area contributed by atoms with Gasteiger partial charge >= 0.3 is 23.9 Å². The summed E-state index contributed by atoms with van der Waals surface area (Å²) in [6.07, 6.45) is -6.55. The van der Waals surface area contributed by atoms with Crippen LogP contribution in [0.25, 0.3) is 0 Å². The first-order chi connectivity index (χ1) is 16.6. The molecule has 0 rings (SSSR count). The third-order valence-corrected chi connectivity index (χ3v) is 4.38. The second kappa shape index (κ2) is 16.4. The number of carboxylic acid groups (broad SMARTS) is 2. The Morgan fingerprint density at radius 1 is 0.639 bits per heavy atom. The molecular formula is C22H36N2O12. The summed E-state index contributed by atoms with van der Waals surface area (Å²) in [5, 5.41) is 22.4. The van der Waals surface area contributed by atoms with Crippen molar-refractivity contribution in [2.75, 3.05) is 13.2 Å². The summed E-state index contributed by atoms with van der Waals surface area (Å²) in [5.41, 5.74) is 0. The quantitative estimate of drug-likeness (QED) is 0.148. The van der Waals surface area contributed by atoms with Gasteiger partial charge in [0.1, 0.15) is 12.5 Å². The smallest absolute Gasteiger partial charge is 0.305 e. The van der Waals surface area contributed by atoms with E-state index in [1.807, 2.05) is 0 Å². The zero-order valence-corrected chi connectivity index (χ0v) is 21.3. The van der Waals surface area contributed by atoms with Crippen LogP contribution in [-0.4, -0.2) is 83.8 Å². The molecule has 0 aromatic rings. The van der Waals surface area contributed by atoms with Crippen molar-refractivity contribution in [3.05, 3.63) is 0 Å². The topological polar surface area (TPSA) is 204 Å². The number of hydrogen-bond acceptors (Lipinski definition) is 10. The maximum atomic E-state index is 13.0. The summed E-state index contributed by atoms with van der Waals surface area (Å²) < 4.78 is 20.8. The molecule has 0 saturated carbocycles. The van der Waals surface area contributed by atoms with Crippen molar-refractivity contribution in [2.24, 2.45) is 11.8 Å². The van der Waals surface area contributed by atoms with Gasteiger partial charge in [-0.2, -0.15) is 0 Å². The van der Waals surface area contributed by atoms with Crippen LogP contribution in [0.2, 0.25) is 0 Å². The standard InChI is InChI=1S/C22H36N2O12/c1-11(2)21(33-9-7-15(27)28)23-19(31)17(35-13(5)25)18(36-14(6)26)20(32)24-22(12(3)4)34-10-8-16(29)30/h11-12,17-18,21-22H,7-10H2,1-6H3,(H,23,31)(H,24,32)(H,27,28)(H,29,30)/t17-,18-,21?,22?/m0/s1. The van der Waals surface area contributed by atoms with Crippen molar-refractivity contribution in [3.8, 4) is 0 Å². The summed E-state index contributed by atoms with van der Waals surface area (Å²) >= 11 is 0. The summed E-state index contributed by atoms with van der Waals surface area (Å²) in [4.78, 5) is 71.0. The largest absolute Gasteiger partial charge is 0.481 e. The number of rotatable bonds is 17. The fourth-order valence-electron chi connectivity index (χ4n) is 2.66. The van der Waals surface area contributed by atoms with E-state index < -0.39 is 60.4 Å². The first-order valence-corrected chi connectivity index (χ1v) is 11.3. The molecule has 0 aromatic heterocycles. The lowest BCUT2D eigenvalue weighted by Gasteiger charge is -2.30. The van der Waals surface area contributed by atoms with Crippen LogP contribution in [0.15, 0.2) is 0 Å². The van der Waals surface area contributed by atoms with Crippen molar-refractivity contribution in [3.63, 3.8) is 0 Å².